The second kappa shape index (κ2) is 5.81. The van der Waals surface area contributed by atoms with E-state index < -0.39 is 10.0 Å². The fourth-order valence-corrected chi connectivity index (χ4v) is 2.94. The largest absolute Gasteiger partial charge is 0.455 e. The third-order valence-electron chi connectivity index (χ3n) is 3.59. The van der Waals surface area contributed by atoms with Gasteiger partial charge in [-0.2, -0.15) is 0 Å². The SMILES string of the molecule is Cc1oc(C(=O)N(CCC(C)C)C2CC2)cc1S(N)(=O)=O. The number of sulfonamides is 1. The molecule has 1 amide bonds. The van der Waals surface area contributed by atoms with E-state index in [0.29, 0.717) is 12.5 Å². The van der Waals surface area contributed by atoms with E-state index in [4.69, 9.17) is 9.56 Å². The molecule has 2 rings (SSSR count). The molecule has 2 N–H and O–H groups in total. The van der Waals surface area contributed by atoms with Crippen LogP contribution in [0, 0.1) is 12.8 Å². The van der Waals surface area contributed by atoms with Gasteiger partial charge in [0.05, 0.1) is 0 Å². The molecule has 1 aromatic rings. The lowest BCUT2D eigenvalue weighted by molar-refractivity contribution is 0.0701. The van der Waals surface area contributed by atoms with Crippen molar-refractivity contribution in [3.05, 3.63) is 17.6 Å². The molecule has 1 aliphatic carbocycles. The van der Waals surface area contributed by atoms with Crippen LogP contribution in [0.25, 0.3) is 0 Å². The molecule has 0 saturated heterocycles. The summed E-state index contributed by atoms with van der Waals surface area (Å²) in [5.74, 6) is 0.446. The smallest absolute Gasteiger partial charge is 0.289 e. The molecule has 1 aromatic heterocycles. The lowest BCUT2D eigenvalue weighted by Crippen LogP contribution is -2.34. The van der Waals surface area contributed by atoms with Gasteiger partial charge in [0.25, 0.3) is 5.91 Å². The number of furan rings is 1. The first-order valence-corrected chi connectivity index (χ1v) is 8.69. The monoisotopic (exact) mass is 314 g/mol. The Bertz CT molecular complexity index is 629. The van der Waals surface area contributed by atoms with Crippen LogP contribution in [0.2, 0.25) is 0 Å². The molecule has 7 heteroatoms. The van der Waals surface area contributed by atoms with Crippen LogP contribution >= 0.6 is 0 Å². The minimum atomic E-state index is -3.87. The Morgan fingerprint density at radius 1 is 1.48 bits per heavy atom. The topological polar surface area (TPSA) is 93.6 Å². The van der Waals surface area contributed by atoms with E-state index in [0.717, 1.165) is 19.3 Å². The molecule has 0 atom stereocenters. The number of carbonyl (C=O) groups is 1. The molecule has 1 heterocycles. The highest BCUT2D eigenvalue weighted by Crippen LogP contribution is 2.30. The highest BCUT2D eigenvalue weighted by atomic mass is 32.2. The predicted octanol–water partition coefficient (Wildman–Crippen LogP) is 1.89. The van der Waals surface area contributed by atoms with Gasteiger partial charge in [-0.25, -0.2) is 13.6 Å². The van der Waals surface area contributed by atoms with E-state index in [2.05, 4.69) is 13.8 Å². The summed E-state index contributed by atoms with van der Waals surface area (Å²) in [5.41, 5.74) is 0. The standard InChI is InChI=1S/C14H22N2O4S/c1-9(2)6-7-16(11-4-5-11)14(17)12-8-13(10(3)20-12)21(15,18)19/h8-9,11H,4-7H2,1-3H3,(H2,15,18,19). The average Bonchev–Trinajstić information content (AvgIpc) is 3.09. The van der Waals surface area contributed by atoms with Crippen molar-refractivity contribution < 1.29 is 17.6 Å². The van der Waals surface area contributed by atoms with Gasteiger partial charge >= 0.3 is 0 Å². The zero-order valence-corrected chi connectivity index (χ0v) is 13.4. The summed E-state index contributed by atoms with van der Waals surface area (Å²) in [6, 6.07) is 1.48. The zero-order valence-electron chi connectivity index (χ0n) is 12.6. The molecular weight excluding hydrogens is 292 g/mol. The van der Waals surface area contributed by atoms with Crippen LogP contribution in [0.1, 0.15) is 49.4 Å². The van der Waals surface area contributed by atoms with E-state index >= 15 is 0 Å². The fourth-order valence-electron chi connectivity index (χ4n) is 2.23. The van der Waals surface area contributed by atoms with Gasteiger partial charge in [0, 0.05) is 18.7 Å². The Balaban J connectivity index is 2.21. The highest BCUT2D eigenvalue weighted by molar-refractivity contribution is 7.89. The van der Waals surface area contributed by atoms with E-state index in [9.17, 15) is 13.2 Å². The van der Waals surface area contributed by atoms with Crippen LogP contribution in [0.5, 0.6) is 0 Å². The molecule has 0 spiro atoms. The number of hydrogen-bond donors (Lipinski definition) is 1. The second-order valence-electron chi connectivity index (χ2n) is 5.99. The number of rotatable bonds is 6. The van der Waals surface area contributed by atoms with Crippen LogP contribution in [0.3, 0.4) is 0 Å². The molecule has 6 nitrogen and oxygen atoms in total. The van der Waals surface area contributed by atoms with Crippen molar-refractivity contribution in [1.29, 1.82) is 0 Å². The zero-order chi connectivity index (χ0) is 15.8. The van der Waals surface area contributed by atoms with Crippen molar-refractivity contribution in [2.45, 2.75) is 51.0 Å². The summed E-state index contributed by atoms with van der Waals surface area (Å²) < 4.78 is 28.1. The number of aryl methyl sites for hydroxylation is 1. The van der Waals surface area contributed by atoms with Gasteiger partial charge in [-0.3, -0.25) is 4.79 Å². The summed E-state index contributed by atoms with van der Waals surface area (Å²) in [5, 5.41) is 5.11. The normalized spacial score (nSPS) is 15.5. The molecule has 118 valence electrons. The van der Waals surface area contributed by atoms with Crippen molar-refractivity contribution in [3.8, 4) is 0 Å². The number of primary sulfonamides is 1. The minimum Gasteiger partial charge on any atom is -0.455 e. The molecular formula is C14H22N2O4S. The summed E-state index contributed by atoms with van der Waals surface area (Å²) in [6.07, 6.45) is 2.89. The third kappa shape index (κ3) is 3.85. The number of nitrogens with zero attached hydrogens (tertiary/aromatic N) is 1. The third-order valence-corrected chi connectivity index (χ3v) is 4.60. The Kier molecular flexibility index (Phi) is 4.43. The lowest BCUT2D eigenvalue weighted by atomic mass is 10.1. The minimum absolute atomic E-state index is 0.0483. The summed E-state index contributed by atoms with van der Waals surface area (Å²) >= 11 is 0. The van der Waals surface area contributed by atoms with Crippen molar-refractivity contribution in [2.24, 2.45) is 11.1 Å². The van der Waals surface area contributed by atoms with Gasteiger partial charge in [-0.15, -0.1) is 0 Å². The Labute approximate surface area is 125 Å². The van der Waals surface area contributed by atoms with Gasteiger partial charge in [-0.05, 0) is 32.1 Å². The molecule has 0 aromatic carbocycles. The maximum absolute atomic E-state index is 12.5. The quantitative estimate of drug-likeness (QED) is 0.867. The molecule has 1 saturated carbocycles. The lowest BCUT2D eigenvalue weighted by Gasteiger charge is -2.22. The summed E-state index contributed by atoms with van der Waals surface area (Å²) in [7, 11) is -3.87. The summed E-state index contributed by atoms with van der Waals surface area (Å²) in [6.45, 7) is 6.36. The summed E-state index contributed by atoms with van der Waals surface area (Å²) in [4.78, 5) is 14.2. The van der Waals surface area contributed by atoms with Crippen molar-refractivity contribution in [1.82, 2.24) is 4.90 Å². The van der Waals surface area contributed by atoms with Gasteiger partial charge < -0.3 is 9.32 Å². The first kappa shape index (κ1) is 16.0. The van der Waals surface area contributed by atoms with Crippen LogP contribution < -0.4 is 5.14 Å². The number of carbonyl (C=O) groups excluding carboxylic acids is 1. The number of hydrogen-bond acceptors (Lipinski definition) is 4. The highest BCUT2D eigenvalue weighted by Gasteiger charge is 2.35. The average molecular weight is 314 g/mol. The first-order valence-electron chi connectivity index (χ1n) is 7.14. The number of nitrogens with two attached hydrogens (primary N) is 1. The van der Waals surface area contributed by atoms with Crippen molar-refractivity contribution >= 4 is 15.9 Å². The van der Waals surface area contributed by atoms with Crippen LogP contribution in [-0.4, -0.2) is 31.8 Å². The molecule has 0 radical (unpaired) electrons. The van der Waals surface area contributed by atoms with E-state index in [1.165, 1.54) is 13.0 Å². The Morgan fingerprint density at radius 3 is 2.52 bits per heavy atom. The molecule has 0 unspecified atom stereocenters. The fraction of sp³-hybridized carbons (Fsp3) is 0.643. The van der Waals surface area contributed by atoms with Crippen molar-refractivity contribution in [3.63, 3.8) is 0 Å². The maximum atomic E-state index is 12.5. The van der Waals surface area contributed by atoms with Gasteiger partial charge in [-0.1, -0.05) is 13.8 Å². The van der Waals surface area contributed by atoms with Gasteiger partial charge in [0.1, 0.15) is 10.7 Å². The van der Waals surface area contributed by atoms with Crippen LogP contribution in [0.4, 0.5) is 0 Å². The Morgan fingerprint density at radius 2 is 2.10 bits per heavy atom. The molecule has 0 bridgehead atoms. The van der Waals surface area contributed by atoms with Gasteiger partial charge in [0.2, 0.25) is 10.0 Å². The van der Waals surface area contributed by atoms with E-state index in [1.54, 1.807) is 4.90 Å². The second-order valence-corrected chi connectivity index (χ2v) is 7.52. The van der Waals surface area contributed by atoms with Crippen LogP contribution in [0.15, 0.2) is 15.4 Å². The van der Waals surface area contributed by atoms with Gasteiger partial charge in [0.15, 0.2) is 5.76 Å². The Hall–Kier alpha value is -1.34. The maximum Gasteiger partial charge on any atom is 0.289 e. The molecule has 1 aliphatic rings. The number of amides is 1. The predicted molar refractivity (Wildman–Crippen MR) is 78.3 cm³/mol. The van der Waals surface area contributed by atoms with E-state index in [-0.39, 0.29) is 28.4 Å². The molecule has 1 fully saturated rings. The van der Waals surface area contributed by atoms with Crippen molar-refractivity contribution in [2.75, 3.05) is 6.54 Å². The molecule has 0 aliphatic heterocycles. The first-order chi connectivity index (χ1) is 9.70. The molecule has 21 heavy (non-hydrogen) atoms. The van der Waals surface area contributed by atoms with Crippen LogP contribution in [-0.2, 0) is 10.0 Å². The van der Waals surface area contributed by atoms with E-state index in [1.807, 2.05) is 0 Å².